The summed E-state index contributed by atoms with van der Waals surface area (Å²) in [7, 11) is -1.69. The number of hydrogen-bond acceptors (Lipinski definition) is 6. The van der Waals surface area contributed by atoms with Crippen LogP contribution in [-0.2, 0) is 30.9 Å². The van der Waals surface area contributed by atoms with Gasteiger partial charge in [0.15, 0.2) is 5.90 Å². The molecular formula is C30H49F3NO5P. The summed E-state index contributed by atoms with van der Waals surface area (Å²) >= 11 is 0. The Morgan fingerprint density at radius 1 is 1.05 bits per heavy atom. The molecule has 0 bridgehead atoms. The Labute approximate surface area is 240 Å². The minimum Gasteiger partial charge on any atom is -0.493 e. The van der Waals surface area contributed by atoms with Gasteiger partial charge in [0, 0.05) is 6.92 Å². The van der Waals surface area contributed by atoms with Gasteiger partial charge < -0.3 is 23.0 Å². The molecular weight excluding hydrogens is 542 g/mol. The van der Waals surface area contributed by atoms with Crippen molar-refractivity contribution in [1.82, 2.24) is 0 Å². The Morgan fingerprint density at radius 3 is 2.23 bits per heavy atom. The molecule has 230 valence electrons. The Balaban J connectivity index is 2.14. The van der Waals surface area contributed by atoms with Gasteiger partial charge in [-0.05, 0) is 84.4 Å². The number of aryl methyl sites for hydroxylation is 1. The van der Waals surface area contributed by atoms with Gasteiger partial charge in [-0.3, -0.25) is 0 Å². The van der Waals surface area contributed by atoms with E-state index < -0.39 is 37.1 Å². The summed E-state index contributed by atoms with van der Waals surface area (Å²) in [5, 5.41) is 0. The number of alkyl halides is 3. The van der Waals surface area contributed by atoms with E-state index in [1.807, 2.05) is 48.5 Å². The van der Waals surface area contributed by atoms with Crippen LogP contribution in [-0.4, -0.2) is 42.5 Å². The number of aliphatic imine (C=N–C) groups is 1. The molecule has 0 saturated carbocycles. The number of rotatable bonds is 15. The molecule has 0 fully saturated rings. The Morgan fingerprint density at radius 2 is 1.70 bits per heavy atom. The monoisotopic (exact) mass is 591 g/mol. The molecule has 1 aromatic carbocycles. The van der Waals surface area contributed by atoms with E-state index >= 15 is 0 Å². The summed E-state index contributed by atoms with van der Waals surface area (Å²) in [5.74, 6) is 0.582. The van der Waals surface area contributed by atoms with E-state index in [-0.39, 0.29) is 31.5 Å². The number of hydrogen-bond donors (Lipinski definition) is 0. The molecule has 0 spiro atoms. The fourth-order valence-corrected chi connectivity index (χ4v) is 5.50. The van der Waals surface area contributed by atoms with Crippen molar-refractivity contribution in [1.29, 1.82) is 0 Å². The van der Waals surface area contributed by atoms with Crippen molar-refractivity contribution in [2.45, 2.75) is 124 Å². The van der Waals surface area contributed by atoms with Gasteiger partial charge in [0.1, 0.15) is 17.9 Å². The molecule has 0 aliphatic carbocycles. The highest BCUT2D eigenvalue weighted by Crippen LogP contribution is 2.48. The lowest BCUT2D eigenvalue weighted by atomic mass is 9.93. The van der Waals surface area contributed by atoms with Crippen LogP contribution < -0.4 is 4.74 Å². The van der Waals surface area contributed by atoms with Crippen LogP contribution in [0, 0.1) is 5.92 Å². The van der Waals surface area contributed by atoms with Crippen LogP contribution in [0.1, 0.15) is 106 Å². The fraction of sp³-hybridized carbons (Fsp3) is 0.767. The normalized spacial score (nSPS) is 19.1. The minimum absolute atomic E-state index is 0.126. The summed E-state index contributed by atoms with van der Waals surface area (Å²) in [6, 6.07) is 4.33. The number of nitrogens with zero attached hydrogens (tertiary/aromatic N) is 1. The molecule has 0 amide bonds. The van der Waals surface area contributed by atoms with Gasteiger partial charge >= 0.3 is 14.8 Å². The van der Waals surface area contributed by atoms with Crippen LogP contribution in [0.2, 0.25) is 0 Å². The zero-order chi connectivity index (χ0) is 30.2. The molecule has 10 heteroatoms. The molecule has 0 N–H and O–H groups in total. The SMILES string of the molecule is CCCCCC(C)COc1ccc(CCC2(COP(OC(C)(C)C)OC(C)(C)C)COC(C)=N2)cc1C(F)(F)F. The van der Waals surface area contributed by atoms with Crippen LogP contribution in [0.15, 0.2) is 23.2 Å². The summed E-state index contributed by atoms with van der Waals surface area (Å²) < 4.78 is 71.5. The summed E-state index contributed by atoms with van der Waals surface area (Å²) in [6.45, 7) is 18.1. The van der Waals surface area contributed by atoms with Gasteiger partial charge in [0.05, 0.1) is 30.0 Å². The highest BCUT2D eigenvalue weighted by molar-refractivity contribution is 7.41. The predicted octanol–water partition coefficient (Wildman–Crippen LogP) is 9.29. The molecule has 1 aliphatic heterocycles. The van der Waals surface area contributed by atoms with Gasteiger partial charge in [-0.2, -0.15) is 13.2 Å². The summed E-state index contributed by atoms with van der Waals surface area (Å²) in [4.78, 5) is 4.69. The van der Waals surface area contributed by atoms with Crippen molar-refractivity contribution in [3.63, 3.8) is 0 Å². The zero-order valence-corrected chi connectivity index (χ0v) is 26.6. The molecule has 0 saturated heterocycles. The van der Waals surface area contributed by atoms with E-state index in [2.05, 4.69) is 11.9 Å². The Bertz CT molecular complexity index is 942. The van der Waals surface area contributed by atoms with Crippen molar-refractivity contribution in [3.8, 4) is 5.75 Å². The largest absolute Gasteiger partial charge is 0.493 e. The zero-order valence-electron chi connectivity index (χ0n) is 25.7. The highest BCUT2D eigenvalue weighted by atomic mass is 31.2. The molecule has 40 heavy (non-hydrogen) atoms. The second kappa shape index (κ2) is 14.7. The summed E-state index contributed by atoms with van der Waals surface area (Å²) in [5.41, 5.74) is -1.93. The second-order valence-corrected chi connectivity index (χ2v) is 13.9. The number of unbranched alkanes of at least 4 members (excludes halogenated alkanes) is 2. The number of benzene rings is 1. The number of ether oxygens (including phenoxy) is 2. The maximum absolute atomic E-state index is 14.0. The van der Waals surface area contributed by atoms with Gasteiger partial charge in [-0.15, -0.1) is 0 Å². The van der Waals surface area contributed by atoms with Crippen molar-refractivity contribution < 1.29 is 36.2 Å². The molecule has 1 aliphatic rings. The summed E-state index contributed by atoms with van der Waals surface area (Å²) in [6.07, 6.45) is 0.479. The van der Waals surface area contributed by atoms with Crippen molar-refractivity contribution in [2.75, 3.05) is 19.8 Å². The standard InChI is InChI=1S/C30H49F3NO5P/c1-10-11-12-13-22(2)19-35-26-15-14-24(18-25(26)30(31,32)33)16-17-29(20-36-23(3)34-29)21-37-40(38-27(4,5)6)39-28(7,8)9/h14-15,18,22H,10-13,16-17,19-21H2,1-9H3. The van der Waals surface area contributed by atoms with E-state index in [1.54, 1.807) is 13.0 Å². The first-order valence-electron chi connectivity index (χ1n) is 14.2. The third kappa shape index (κ3) is 12.6. The predicted molar refractivity (Wildman–Crippen MR) is 155 cm³/mol. The van der Waals surface area contributed by atoms with E-state index in [9.17, 15) is 13.2 Å². The molecule has 0 radical (unpaired) electrons. The first-order chi connectivity index (χ1) is 18.4. The minimum atomic E-state index is -4.52. The first-order valence-corrected chi connectivity index (χ1v) is 15.3. The second-order valence-electron chi connectivity index (χ2n) is 12.8. The molecule has 2 unspecified atom stereocenters. The lowest BCUT2D eigenvalue weighted by molar-refractivity contribution is -0.139. The van der Waals surface area contributed by atoms with Crippen LogP contribution in [0.3, 0.4) is 0 Å². The first kappa shape index (κ1) is 34.8. The van der Waals surface area contributed by atoms with Crippen molar-refractivity contribution >= 4 is 14.5 Å². The maximum Gasteiger partial charge on any atom is 0.419 e. The van der Waals surface area contributed by atoms with Gasteiger partial charge in [-0.25, -0.2) is 4.99 Å². The van der Waals surface area contributed by atoms with Crippen LogP contribution in [0.5, 0.6) is 5.75 Å². The van der Waals surface area contributed by atoms with Gasteiger partial charge in [0.25, 0.3) is 0 Å². The van der Waals surface area contributed by atoms with Crippen molar-refractivity contribution in [2.24, 2.45) is 10.9 Å². The van der Waals surface area contributed by atoms with Crippen LogP contribution >= 0.6 is 8.60 Å². The van der Waals surface area contributed by atoms with E-state index in [0.29, 0.717) is 24.3 Å². The average molecular weight is 592 g/mol. The molecule has 0 aromatic heterocycles. The topological polar surface area (TPSA) is 58.5 Å². The molecule has 1 aromatic rings. The van der Waals surface area contributed by atoms with Crippen LogP contribution in [0.4, 0.5) is 13.2 Å². The lowest BCUT2D eigenvalue weighted by Gasteiger charge is -2.32. The Hall–Kier alpha value is -1.41. The fourth-order valence-electron chi connectivity index (χ4n) is 4.12. The van der Waals surface area contributed by atoms with Gasteiger partial charge in [0.2, 0.25) is 0 Å². The van der Waals surface area contributed by atoms with E-state index in [1.165, 1.54) is 12.1 Å². The van der Waals surface area contributed by atoms with E-state index in [0.717, 1.165) is 25.7 Å². The molecule has 2 atom stereocenters. The lowest BCUT2D eigenvalue weighted by Crippen LogP contribution is -2.35. The smallest absolute Gasteiger partial charge is 0.419 e. The third-order valence-corrected chi connectivity index (χ3v) is 7.87. The number of halogens is 3. The van der Waals surface area contributed by atoms with Crippen LogP contribution in [0.25, 0.3) is 0 Å². The molecule has 1 heterocycles. The average Bonchev–Trinajstić information content (AvgIpc) is 3.19. The Kier molecular flexibility index (Phi) is 12.8. The van der Waals surface area contributed by atoms with Gasteiger partial charge in [-0.1, -0.05) is 39.2 Å². The quantitative estimate of drug-likeness (QED) is 0.150. The maximum atomic E-state index is 14.0. The van der Waals surface area contributed by atoms with Crippen molar-refractivity contribution in [3.05, 3.63) is 29.3 Å². The van der Waals surface area contributed by atoms with E-state index in [4.69, 9.17) is 23.0 Å². The molecule has 2 rings (SSSR count). The third-order valence-electron chi connectivity index (χ3n) is 6.13. The highest BCUT2D eigenvalue weighted by Gasteiger charge is 2.39. The molecule has 6 nitrogen and oxygen atoms in total.